The minimum Gasteiger partial charge on any atom is -0.457 e. The summed E-state index contributed by atoms with van der Waals surface area (Å²) in [6, 6.07) is 23.9. The molecule has 1 saturated carbocycles. The van der Waals surface area contributed by atoms with Crippen molar-refractivity contribution in [1.29, 1.82) is 0 Å². The molecule has 1 aliphatic carbocycles. The highest BCUT2D eigenvalue weighted by Gasteiger charge is 2.25. The monoisotopic (exact) mass is 497 g/mol. The standard InChI is InChI=1S/C29H27N3O5/c33-29(30-22-10-11-22)25-18-34-28(31-25)17-32(16-21-9-12-26-27(14-21)36-19-35-26)15-20-5-4-8-24(13-20)37-23-6-2-1-3-7-23/h1-9,12-14,18,22H,10-11,15-17,19H2,(H,30,33). The highest BCUT2D eigenvalue weighted by atomic mass is 16.7. The second-order valence-corrected chi connectivity index (χ2v) is 9.27. The lowest BCUT2D eigenvalue weighted by molar-refractivity contribution is 0.0946. The summed E-state index contributed by atoms with van der Waals surface area (Å²) in [6.07, 6.45) is 3.47. The van der Waals surface area contributed by atoms with Gasteiger partial charge in [-0.2, -0.15) is 0 Å². The molecule has 4 aromatic rings. The quantitative estimate of drug-likeness (QED) is 0.319. The summed E-state index contributed by atoms with van der Waals surface area (Å²) in [5.41, 5.74) is 2.45. The first-order valence-electron chi connectivity index (χ1n) is 12.4. The van der Waals surface area contributed by atoms with Crippen LogP contribution in [0.1, 0.15) is 40.3 Å². The van der Waals surface area contributed by atoms with Crippen LogP contribution in [-0.2, 0) is 19.6 Å². The zero-order valence-corrected chi connectivity index (χ0v) is 20.3. The van der Waals surface area contributed by atoms with Crippen molar-refractivity contribution in [3.63, 3.8) is 0 Å². The Morgan fingerprint density at radius 2 is 1.68 bits per heavy atom. The summed E-state index contributed by atoms with van der Waals surface area (Å²) in [4.78, 5) is 19.0. The summed E-state index contributed by atoms with van der Waals surface area (Å²) >= 11 is 0. The lowest BCUT2D eigenvalue weighted by Crippen LogP contribution is -2.26. The Hall–Kier alpha value is -4.30. The average molecular weight is 498 g/mol. The van der Waals surface area contributed by atoms with Crippen molar-refractivity contribution in [3.05, 3.63) is 102 Å². The fourth-order valence-corrected chi connectivity index (χ4v) is 4.22. The van der Waals surface area contributed by atoms with Gasteiger partial charge in [0, 0.05) is 19.1 Å². The molecule has 8 nitrogen and oxygen atoms in total. The number of rotatable bonds is 10. The van der Waals surface area contributed by atoms with Crippen molar-refractivity contribution in [2.45, 2.75) is 38.5 Å². The van der Waals surface area contributed by atoms with E-state index in [0.29, 0.717) is 31.2 Å². The third-order valence-corrected chi connectivity index (χ3v) is 6.18. The predicted octanol–water partition coefficient (Wildman–Crippen LogP) is 5.29. The van der Waals surface area contributed by atoms with Crippen molar-refractivity contribution in [1.82, 2.24) is 15.2 Å². The first kappa shape index (κ1) is 23.1. The molecule has 8 heteroatoms. The Labute approximate surface area is 214 Å². The van der Waals surface area contributed by atoms with Crippen LogP contribution in [0.2, 0.25) is 0 Å². The molecule has 188 valence electrons. The van der Waals surface area contributed by atoms with Gasteiger partial charge >= 0.3 is 0 Å². The van der Waals surface area contributed by atoms with E-state index < -0.39 is 0 Å². The van der Waals surface area contributed by atoms with Crippen molar-refractivity contribution >= 4 is 5.91 Å². The second-order valence-electron chi connectivity index (χ2n) is 9.27. The number of para-hydroxylation sites is 1. The molecule has 0 radical (unpaired) electrons. The molecule has 0 spiro atoms. The topological polar surface area (TPSA) is 86.1 Å². The lowest BCUT2D eigenvalue weighted by atomic mass is 10.1. The number of nitrogens with zero attached hydrogens (tertiary/aromatic N) is 2. The SMILES string of the molecule is O=C(NC1CC1)c1coc(CN(Cc2cccc(Oc3ccccc3)c2)Cc2ccc3c(c2)OCO3)n1. The molecular formula is C29H27N3O5. The fourth-order valence-electron chi connectivity index (χ4n) is 4.22. The van der Waals surface area contributed by atoms with E-state index in [1.807, 2.05) is 66.7 Å². The van der Waals surface area contributed by atoms with Crippen LogP contribution < -0.4 is 19.5 Å². The molecule has 1 fully saturated rings. The van der Waals surface area contributed by atoms with Gasteiger partial charge < -0.3 is 23.9 Å². The summed E-state index contributed by atoms with van der Waals surface area (Å²) in [5, 5.41) is 2.95. The van der Waals surface area contributed by atoms with E-state index in [9.17, 15) is 4.79 Å². The minimum atomic E-state index is -0.189. The average Bonchev–Trinajstić information content (AvgIpc) is 3.38. The Bertz CT molecular complexity index is 1380. The molecule has 1 N–H and O–H groups in total. The van der Waals surface area contributed by atoms with Crippen LogP contribution in [0.25, 0.3) is 0 Å². The number of aromatic nitrogens is 1. The number of nitrogens with one attached hydrogen (secondary N) is 1. The van der Waals surface area contributed by atoms with E-state index >= 15 is 0 Å². The molecule has 1 amide bonds. The van der Waals surface area contributed by atoms with E-state index in [0.717, 1.165) is 47.0 Å². The first-order valence-corrected chi connectivity index (χ1v) is 12.4. The number of benzene rings is 3. The van der Waals surface area contributed by atoms with E-state index in [1.54, 1.807) is 0 Å². The molecule has 6 rings (SSSR count). The van der Waals surface area contributed by atoms with Gasteiger partial charge in [-0.3, -0.25) is 9.69 Å². The van der Waals surface area contributed by atoms with Gasteiger partial charge in [0.1, 0.15) is 17.8 Å². The van der Waals surface area contributed by atoms with E-state index in [2.05, 4.69) is 21.3 Å². The Morgan fingerprint density at radius 3 is 2.51 bits per heavy atom. The van der Waals surface area contributed by atoms with Crippen molar-refractivity contribution in [2.24, 2.45) is 0 Å². The van der Waals surface area contributed by atoms with Crippen LogP contribution in [0, 0.1) is 0 Å². The molecule has 2 heterocycles. The minimum absolute atomic E-state index is 0.189. The summed E-state index contributed by atoms with van der Waals surface area (Å²) in [5.74, 6) is 3.34. The van der Waals surface area contributed by atoms with Crippen LogP contribution >= 0.6 is 0 Å². The molecule has 1 aliphatic heterocycles. The third-order valence-electron chi connectivity index (χ3n) is 6.18. The highest BCUT2D eigenvalue weighted by molar-refractivity contribution is 5.92. The zero-order chi connectivity index (χ0) is 25.0. The molecule has 0 saturated heterocycles. The highest BCUT2D eigenvalue weighted by Crippen LogP contribution is 2.33. The number of carbonyl (C=O) groups is 1. The largest absolute Gasteiger partial charge is 0.457 e. The van der Waals surface area contributed by atoms with Crippen molar-refractivity contribution in [3.8, 4) is 23.0 Å². The normalized spacial score (nSPS) is 14.1. The fraction of sp³-hybridized carbons (Fsp3) is 0.241. The Morgan fingerprint density at radius 1 is 0.892 bits per heavy atom. The van der Waals surface area contributed by atoms with Crippen molar-refractivity contribution in [2.75, 3.05) is 6.79 Å². The molecule has 1 aromatic heterocycles. The molecule has 2 aliphatic rings. The number of ether oxygens (including phenoxy) is 3. The van der Waals surface area contributed by atoms with Gasteiger partial charge in [0.25, 0.3) is 5.91 Å². The number of carbonyl (C=O) groups excluding carboxylic acids is 1. The number of hydrogen-bond acceptors (Lipinski definition) is 7. The van der Waals surface area contributed by atoms with Gasteiger partial charge in [-0.05, 0) is 60.4 Å². The van der Waals surface area contributed by atoms with Gasteiger partial charge in [-0.15, -0.1) is 0 Å². The molecular weight excluding hydrogens is 470 g/mol. The van der Waals surface area contributed by atoms with E-state index in [4.69, 9.17) is 18.6 Å². The first-order chi connectivity index (χ1) is 18.2. The summed E-state index contributed by atoms with van der Waals surface area (Å²) in [7, 11) is 0. The second kappa shape index (κ2) is 10.4. The van der Waals surface area contributed by atoms with Gasteiger partial charge in [0.2, 0.25) is 12.7 Å². The molecule has 0 unspecified atom stereocenters. The molecule has 3 aromatic carbocycles. The third kappa shape index (κ3) is 5.92. The van der Waals surface area contributed by atoms with Crippen LogP contribution in [0.3, 0.4) is 0 Å². The number of oxazole rings is 1. The van der Waals surface area contributed by atoms with Gasteiger partial charge in [-0.25, -0.2) is 4.98 Å². The summed E-state index contributed by atoms with van der Waals surface area (Å²) < 4.78 is 22.7. The summed E-state index contributed by atoms with van der Waals surface area (Å²) in [6.45, 7) is 1.90. The van der Waals surface area contributed by atoms with Gasteiger partial charge in [0.05, 0.1) is 6.54 Å². The van der Waals surface area contributed by atoms with Crippen LogP contribution in [0.4, 0.5) is 0 Å². The van der Waals surface area contributed by atoms with Crippen LogP contribution in [0.5, 0.6) is 23.0 Å². The zero-order valence-electron chi connectivity index (χ0n) is 20.3. The smallest absolute Gasteiger partial charge is 0.273 e. The van der Waals surface area contributed by atoms with E-state index in [-0.39, 0.29) is 18.7 Å². The number of fused-ring (bicyclic) bond motifs is 1. The maximum atomic E-state index is 12.4. The Balaban J connectivity index is 1.20. The number of hydrogen-bond donors (Lipinski definition) is 1. The van der Waals surface area contributed by atoms with Crippen molar-refractivity contribution < 1.29 is 23.4 Å². The maximum Gasteiger partial charge on any atom is 0.273 e. The lowest BCUT2D eigenvalue weighted by Gasteiger charge is -2.21. The molecule has 0 atom stereocenters. The molecule has 0 bridgehead atoms. The van der Waals surface area contributed by atoms with Gasteiger partial charge in [-0.1, -0.05) is 36.4 Å². The van der Waals surface area contributed by atoms with E-state index in [1.165, 1.54) is 6.26 Å². The number of amides is 1. The maximum absolute atomic E-state index is 12.4. The van der Waals surface area contributed by atoms with Crippen LogP contribution in [0.15, 0.2) is 83.5 Å². The van der Waals surface area contributed by atoms with Crippen LogP contribution in [-0.4, -0.2) is 28.6 Å². The predicted molar refractivity (Wildman–Crippen MR) is 135 cm³/mol. The molecule has 37 heavy (non-hydrogen) atoms. The Kier molecular flexibility index (Phi) is 6.47. The van der Waals surface area contributed by atoms with Gasteiger partial charge in [0.15, 0.2) is 17.2 Å².